The number of halogens is 1. The van der Waals surface area contributed by atoms with Crippen LogP contribution >= 0.6 is 12.4 Å². The molecule has 0 aromatic rings. The second-order valence-electron chi connectivity index (χ2n) is 5.20. The highest BCUT2D eigenvalue weighted by Crippen LogP contribution is 2.17. The lowest BCUT2D eigenvalue weighted by Gasteiger charge is -2.40. The van der Waals surface area contributed by atoms with Crippen LogP contribution in [0.5, 0.6) is 0 Å². The summed E-state index contributed by atoms with van der Waals surface area (Å²) in [5.74, 6) is 0.770. The van der Waals surface area contributed by atoms with Gasteiger partial charge in [0, 0.05) is 38.3 Å². The summed E-state index contributed by atoms with van der Waals surface area (Å²) in [5, 5.41) is 3.53. The van der Waals surface area contributed by atoms with Gasteiger partial charge in [0.1, 0.15) is 0 Å². The van der Waals surface area contributed by atoms with Crippen LogP contribution in [0.3, 0.4) is 0 Å². The quantitative estimate of drug-likeness (QED) is 0.802. The van der Waals surface area contributed by atoms with E-state index >= 15 is 0 Å². The Morgan fingerprint density at radius 2 is 2.19 bits per heavy atom. The smallest absolute Gasteiger partial charge is 0.0506 e. The zero-order chi connectivity index (χ0) is 10.7. The van der Waals surface area contributed by atoms with E-state index < -0.39 is 0 Å². The van der Waals surface area contributed by atoms with Crippen molar-refractivity contribution in [2.45, 2.75) is 38.8 Å². The number of hydrogen-bond donors (Lipinski definition) is 1. The Labute approximate surface area is 105 Å². The van der Waals surface area contributed by atoms with Crippen molar-refractivity contribution in [1.82, 2.24) is 10.2 Å². The first kappa shape index (κ1) is 14.2. The molecule has 0 radical (unpaired) electrons. The van der Waals surface area contributed by atoms with Gasteiger partial charge in [-0.3, -0.25) is 4.90 Å². The van der Waals surface area contributed by atoms with Crippen LogP contribution in [-0.2, 0) is 4.74 Å². The first-order valence-electron chi connectivity index (χ1n) is 6.31. The zero-order valence-corrected chi connectivity index (χ0v) is 11.3. The summed E-state index contributed by atoms with van der Waals surface area (Å²) in [4.78, 5) is 2.63. The fraction of sp³-hybridized carbons (Fsp3) is 1.00. The van der Waals surface area contributed by atoms with E-state index in [1.54, 1.807) is 0 Å². The van der Waals surface area contributed by atoms with Crippen molar-refractivity contribution in [3.05, 3.63) is 0 Å². The Bertz CT molecular complexity index is 197. The SMILES string of the molecule is CC1CN(CC2CCCOC2)C(C)CN1.Cl. The van der Waals surface area contributed by atoms with E-state index in [0.717, 1.165) is 25.7 Å². The number of rotatable bonds is 2. The third-order valence-corrected chi connectivity index (χ3v) is 3.64. The number of ether oxygens (including phenoxy) is 1. The van der Waals surface area contributed by atoms with Gasteiger partial charge in [0.05, 0.1) is 6.61 Å². The van der Waals surface area contributed by atoms with Gasteiger partial charge in [-0.05, 0) is 32.6 Å². The predicted molar refractivity (Wildman–Crippen MR) is 69.3 cm³/mol. The van der Waals surface area contributed by atoms with E-state index in [2.05, 4.69) is 24.1 Å². The molecule has 96 valence electrons. The molecule has 0 aromatic heterocycles. The molecule has 2 aliphatic rings. The highest BCUT2D eigenvalue weighted by Gasteiger charge is 2.25. The normalized spacial score (nSPS) is 36.8. The lowest BCUT2D eigenvalue weighted by molar-refractivity contribution is 0.0250. The van der Waals surface area contributed by atoms with Crippen molar-refractivity contribution in [3.8, 4) is 0 Å². The molecule has 2 saturated heterocycles. The van der Waals surface area contributed by atoms with Gasteiger partial charge in [-0.1, -0.05) is 0 Å². The molecule has 0 spiro atoms. The number of piperazine rings is 1. The van der Waals surface area contributed by atoms with Crippen molar-refractivity contribution in [1.29, 1.82) is 0 Å². The molecule has 1 N–H and O–H groups in total. The van der Waals surface area contributed by atoms with Crippen molar-refractivity contribution in [3.63, 3.8) is 0 Å². The fourth-order valence-corrected chi connectivity index (χ4v) is 2.63. The topological polar surface area (TPSA) is 24.5 Å². The van der Waals surface area contributed by atoms with Crippen LogP contribution in [0.1, 0.15) is 26.7 Å². The minimum Gasteiger partial charge on any atom is -0.381 e. The molecule has 2 fully saturated rings. The fourth-order valence-electron chi connectivity index (χ4n) is 2.63. The molecule has 2 rings (SSSR count). The summed E-state index contributed by atoms with van der Waals surface area (Å²) in [7, 11) is 0. The van der Waals surface area contributed by atoms with Crippen LogP contribution in [0.25, 0.3) is 0 Å². The zero-order valence-electron chi connectivity index (χ0n) is 10.4. The maximum absolute atomic E-state index is 5.54. The molecule has 0 amide bonds. The highest BCUT2D eigenvalue weighted by atomic mass is 35.5. The molecular formula is C12H25ClN2O. The predicted octanol–water partition coefficient (Wildman–Crippen LogP) is 1.52. The Kier molecular flexibility index (Phi) is 6.05. The van der Waals surface area contributed by atoms with Crippen LogP contribution in [-0.4, -0.2) is 49.8 Å². The van der Waals surface area contributed by atoms with Gasteiger partial charge in [-0.15, -0.1) is 12.4 Å². The minimum atomic E-state index is 0. The molecule has 0 aliphatic carbocycles. The molecule has 0 bridgehead atoms. The molecule has 4 heteroatoms. The molecule has 0 aromatic carbocycles. The average molecular weight is 249 g/mol. The molecule has 0 saturated carbocycles. The minimum absolute atomic E-state index is 0. The highest BCUT2D eigenvalue weighted by molar-refractivity contribution is 5.85. The van der Waals surface area contributed by atoms with E-state index in [0.29, 0.717) is 12.1 Å². The van der Waals surface area contributed by atoms with Crippen molar-refractivity contribution >= 4 is 12.4 Å². The molecular weight excluding hydrogens is 224 g/mol. The van der Waals surface area contributed by atoms with Gasteiger partial charge in [0.15, 0.2) is 0 Å². The Hall–Kier alpha value is 0.170. The number of hydrogen-bond acceptors (Lipinski definition) is 3. The summed E-state index contributed by atoms with van der Waals surface area (Å²) < 4.78 is 5.54. The Morgan fingerprint density at radius 1 is 1.38 bits per heavy atom. The van der Waals surface area contributed by atoms with Crippen molar-refractivity contribution in [2.24, 2.45) is 5.92 Å². The number of nitrogens with zero attached hydrogens (tertiary/aromatic N) is 1. The molecule has 3 atom stereocenters. The second kappa shape index (κ2) is 6.80. The maximum Gasteiger partial charge on any atom is 0.0506 e. The molecule has 16 heavy (non-hydrogen) atoms. The third kappa shape index (κ3) is 3.88. The van der Waals surface area contributed by atoms with Gasteiger partial charge < -0.3 is 10.1 Å². The maximum atomic E-state index is 5.54. The monoisotopic (exact) mass is 248 g/mol. The van der Waals surface area contributed by atoms with Crippen LogP contribution in [0.4, 0.5) is 0 Å². The average Bonchev–Trinajstić information content (AvgIpc) is 2.25. The Morgan fingerprint density at radius 3 is 2.88 bits per heavy atom. The van der Waals surface area contributed by atoms with E-state index in [1.807, 2.05) is 0 Å². The van der Waals surface area contributed by atoms with Gasteiger partial charge in [0.2, 0.25) is 0 Å². The lowest BCUT2D eigenvalue weighted by Crippen LogP contribution is -2.55. The van der Waals surface area contributed by atoms with Crippen molar-refractivity contribution < 1.29 is 4.74 Å². The molecule has 2 heterocycles. The summed E-state index contributed by atoms with van der Waals surface area (Å²) in [5.41, 5.74) is 0. The Balaban J connectivity index is 0.00000128. The first-order valence-corrected chi connectivity index (χ1v) is 6.31. The summed E-state index contributed by atoms with van der Waals surface area (Å²) >= 11 is 0. The van der Waals surface area contributed by atoms with E-state index in [1.165, 1.54) is 25.9 Å². The largest absolute Gasteiger partial charge is 0.381 e. The van der Waals surface area contributed by atoms with Gasteiger partial charge >= 0.3 is 0 Å². The summed E-state index contributed by atoms with van der Waals surface area (Å²) in [6.45, 7) is 10.1. The van der Waals surface area contributed by atoms with Crippen LogP contribution < -0.4 is 5.32 Å². The van der Waals surface area contributed by atoms with E-state index in [4.69, 9.17) is 4.74 Å². The molecule has 2 aliphatic heterocycles. The van der Waals surface area contributed by atoms with E-state index in [9.17, 15) is 0 Å². The van der Waals surface area contributed by atoms with Crippen molar-refractivity contribution in [2.75, 3.05) is 32.8 Å². The summed E-state index contributed by atoms with van der Waals surface area (Å²) in [6, 6.07) is 1.33. The third-order valence-electron chi connectivity index (χ3n) is 3.64. The number of nitrogens with one attached hydrogen (secondary N) is 1. The van der Waals surface area contributed by atoms with Gasteiger partial charge in [-0.2, -0.15) is 0 Å². The van der Waals surface area contributed by atoms with Crippen LogP contribution in [0.2, 0.25) is 0 Å². The van der Waals surface area contributed by atoms with E-state index in [-0.39, 0.29) is 12.4 Å². The summed E-state index contributed by atoms with van der Waals surface area (Å²) in [6.07, 6.45) is 2.60. The molecule has 3 unspecified atom stereocenters. The standard InChI is InChI=1S/C12H24N2O.ClH/c1-10-7-14(11(2)6-13-10)8-12-4-3-5-15-9-12;/h10-13H,3-9H2,1-2H3;1H. The second-order valence-corrected chi connectivity index (χ2v) is 5.20. The first-order chi connectivity index (χ1) is 7.25. The van der Waals surface area contributed by atoms with Crippen LogP contribution in [0.15, 0.2) is 0 Å². The van der Waals surface area contributed by atoms with Gasteiger partial charge in [0.25, 0.3) is 0 Å². The lowest BCUT2D eigenvalue weighted by atomic mass is 10.00. The van der Waals surface area contributed by atoms with Gasteiger partial charge in [-0.25, -0.2) is 0 Å². The molecule has 3 nitrogen and oxygen atoms in total. The van der Waals surface area contributed by atoms with Crippen LogP contribution in [0, 0.1) is 5.92 Å².